The van der Waals surface area contributed by atoms with Crippen molar-refractivity contribution in [1.29, 1.82) is 0 Å². The molecule has 1 atom stereocenters. The van der Waals surface area contributed by atoms with Crippen molar-refractivity contribution < 1.29 is 14.3 Å². The van der Waals surface area contributed by atoms with E-state index < -0.39 is 0 Å². The molecule has 0 bridgehead atoms. The van der Waals surface area contributed by atoms with Crippen LogP contribution in [0.5, 0.6) is 11.5 Å². The first-order chi connectivity index (χ1) is 11.1. The van der Waals surface area contributed by atoms with E-state index in [1.165, 1.54) is 0 Å². The van der Waals surface area contributed by atoms with E-state index in [4.69, 9.17) is 9.47 Å². The summed E-state index contributed by atoms with van der Waals surface area (Å²) < 4.78 is 10.4. The standard InChI is InChI=1S/C19H23NO3/c1-5-13(2)17-8-6-7-9-18(17)20-19(21)14-10-15(22-3)12-16(11-14)23-4/h6-13H,5H2,1-4H3,(H,20,21)/t13-/m0/s1. The van der Waals surface area contributed by atoms with Crippen LogP contribution in [0, 0.1) is 0 Å². The molecular weight excluding hydrogens is 290 g/mol. The third kappa shape index (κ3) is 4.03. The Morgan fingerprint density at radius 3 is 2.26 bits per heavy atom. The van der Waals surface area contributed by atoms with Crippen molar-refractivity contribution in [2.75, 3.05) is 19.5 Å². The third-order valence-electron chi connectivity index (χ3n) is 3.97. The fourth-order valence-electron chi connectivity index (χ4n) is 2.39. The van der Waals surface area contributed by atoms with Gasteiger partial charge < -0.3 is 14.8 Å². The number of nitrogens with one attached hydrogen (secondary N) is 1. The first-order valence-electron chi connectivity index (χ1n) is 7.72. The minimum Gasteiger partial charge on any atom is -0.497 e. The van der Waals surface area contributed by atoms with Crippen LogP contribution in [0.3, 0.4) is 0 Å². The monoisotopic (exact) mass is 313 g/mol. The van der Waals surface area contributed by atoms with Crippen LogP contribution in [0.25, 0.3) is 0 Å². The van der Waals surface area contributed by atoms with Crippen LogP contribution in [0.15, 0.2) is 42.5 Å². The van der Waals surface area contributed by atoms with E-state index in [1.54, 1.807) is 32.4 Å². The number of amides is 1. The fraction of sp³-hybridized carbons (Fsp3) is 0.316. The lowest BCUT2D eigenvalue weighted by Gasteiger charge is -2.16. The Morgan fingerprint density at radius 1 is 1.09 bits per heavy atom. The number of para-hydroxylation sites is 1. The highest BCUT2D eigenvalue weighted by Gasteiger charge is 2.14. The molecule has 0 aromatic heterocycles. The van der Waals surface area contributed by atoms with Gasteiger partial charge >= 0.3 is 0 Å². The van der Waals surface area contributed by atoms with Gasteiger partial charge in [0.15, 0.2) is 0 Å². The van der Waals surface area contributed by atoms with E-state index in [2.05, 4.69) is 25.2 Å². The number of hydrogen-bond acceptors (Lipinski definition) is 3. The van der Waals surface area contributed by atoms with E-state index in [1.807, 2.05) is 18.2 Å². The van der Waals surface area contributed by atoms with Gasteiger partial charge in [-0.2, -0.15) is 0 Å². The quantitative estimate of drug-likeness (QED) is 0.856. The summed E-state index contributed by atoms with van der Waals surface area (Å²) >= 11 is 0. The lowest BCUT2D eigenvalue weighted by Crippen LogP contribution is -2.14. The predicted octanol–water partition coefficient (Wildman–Crippen LogP) is 4.47. The maximum absolute atomic E-state index is 12.6. The van der Waals surface area contributed by atoms with Crippen molar-refractivity contribution in [3.8, 4) is 11.5 Å². The van der Waals surface area contributed by atoms with Gasteiger partial charge in [-0.3, -0.25) is 4.79 Å². The van der Waals surface area contributed by atoms with Crippen molar-refractivity contribution in [3.05, 3.63) is 53.6 Å². The molecule has 0 radical (unpaired) electrons. The number of benzene rings is 2. The Kier molecular flexibility index (Phi) is 5.63. The third-order valence-corrected chi connectivity index (χ3v) is 3.97. The SMILES string of the molecule is CC[C@H](C)c1ccccc1NC(=O)c1cc(OC)cc(OC)c1. The van der Waals surface area contributed by atoms with E-state index in [0.717, 1.165) is 17.7 Å². The molecule has 0 unspecified atom stereocenters. The smallest absolute Gasteiger partial charge is 0.255 e. The molecule has 4 nitrogen and oxygen atoms in total. The van der Waals surface area contributed by atoms with Gasteiger partial charge in [0.25, 0.3) is 5.91 Å². The molecule has 0 spiro atoms. The number of rotatable bonds is 6. The molecule has 2 rings (SSSR count). The highest BCUT2D eigenvalue weighted by Crippen LogP contribution is 2.28. The summed E-state index contributed by atoms with van der Waals surface area (Å²) in [4.78, 5) is 12.6. The summed E-state index contributed by atoms with van der Waals surface area (Å²) in [6, 6.07) is 13.0. The Labute approximate surface area is 137 Å². The van der Waals surface area contributed by atoms with E-state index >= 15 is 0 Å². The molecule has 122 valence electrons. The zero-order valence-electron chi connectivity index (χ0n) is 14.1. The van der Waals surface area contributed by atoms with Crippen LogP contribution in [0.2, 0.25) is 0 Å². The second kappa shape index (κ2) is 7.68. The maximum Gasteiger partial charge on any atom is 0.255 e. The molecule has 4 heteroatoms. The highest BCUT2D eigenvalue weighted by atomic mass is 16.5. The number of methoxy groups -OCH3 is 2. The van der Waals surface area contributed by atoms with Crippen LogP contribution in [-0.4, -0.2) is 20.1 Å². The molecule has 0 aliphatic rings. The van der Waals surface area contributed by atoms with E-state index in [0.29, 0.717) is 23.0 Å². The lowest BCUT2D eigenvalue weighted by molar-refractivity contribution is 0.102. The summed E-state index contributed by atoms with van der Waals surface area (Å²) in [5.74, 6) is 1.37. The number of ether oxygens (including phenoxy) is 2. The van der Waals surface area contributed by atoms with Crippen LogP contribution in [-0.2, 0) is 0 Å². The van der Waals surface area contributed by atoms with Gasteiger partial charge in [0.2, 0.25) is 0 Å². The number of carbonyl (C=O) groups excluding carboxylic acids is 1. The van der Waals surface area contributed by atoms with Crippen LogP contribution >= 0.6 is 0 Å². The molecule has 0 saturated carbocycles. The van der Waals surface area contributed by atoms with Crippen molar-refractivity contribution in [2.45, 2.75) is 26.2 Å². The lowest BCUT2D eigenvalue weighted by atomic mass is 9.97. The Balaban J connectivity index is 2.29. The van der Waals surface area contributed by atoms with Crippen LogP contribution in [0.4, 0.5) is 5.69 Å². The van der Waals surface area contributed by atoms with Crippen LogP contribution < -0.4 is 14.8 Å². The van der Waals surface area contributed by atoms with Crippen molar-refractivity contribution in [2.24, 2.45) is 0 Å². The zero-order valence-corrected chi connectivity index (χ0v) is 14.1. The summed E-state index contributed by atoms with van der Waals surface area (Å²) in [5, 5.41) is 2.99. The normalized spacial score (nSPS) is 11.7. The molecule has 0 saturated heterocycles. The summed E-state index contributed by atoms with van der Waals surface area (Å²) in [6.45, 7) is 4.29. The van der Waals surface area contributed by atoms with Gasteiger partial charge in [0, 0.05) is 17.3 Å². The molecule has 2 aromatic rings. The van der Waals surface area contributed by atoms with Crippen molar-refractivity contribution in [3.63, 3.8) is 0 Å². The van der Waals surface area contributed by atoms with Gasteiger partial charge in [0.05, 0.1) is 14.2 Å². The molecule has 2 aromatic carbocycles. The first-order valence-corrected chi connectivity index (χ1v) is 7.72. The van der Waals surface area contributed by atoms with Crippen molar-refractivity contribution in [1.82, 2.24) is 0 Å². The summed E-state index contributed by atoms with van der Waals surface area (Å²) in [5.41, 5.74) is 2.48. The largest absolute Gasteiger partial charge is 0.497 e. The molecule has 0 aliphatic carbocycles. The number of hydrogen-bond donors (Lipinski definition) is 1. The van der Waals surface area contributed by atoms with Gasteiger partial charge in [-0.1, -0.05) is 32.0 Å². The number of carbonyl (C=O) groups is 1. The molecule has 0 aliphatic heterocycles. The van der Waals surface area contributed by atoms with E-state index in [-0.39, 0.29) is 5.91 Å². The van der Waals surface area contributed by atoms with Gasteiger partial charge in [-0.25, -0.2) is 0 Å². The molecular formula is C19H23NO3. The fourth-order valence-corrected chi connectivity index (χ4v) is 2.39. The first kappa shape index (κ1) is 16.9. The second-order valence-electron chi connectivity index (χ2n) is 5.45. The van der Waals surface area contributed by atoms with Gasteiger partial charge in [0.1, 0.15) is 11.5 Å². The predicted molar refractivity (Wildman–Crippen MR) is 92.6 cm³/mol. The van der Waals surface area contributed by atoms with Gasteiger partial charge in [-0.15, -0.1) is 0 Å². The molecule has 0 fully saturated rings. The van der Waals surface area contributed by atoms with Crippen molar-refractivity contribution >= 4 is 11.6 Å². The summed E-state index contributed by atoms with van der Waals surface area (Å²) in [7, 11) is 3.13. The molecule has 1 N–H and O–H groups in total. The topological polar surface area (TPSA) is 47.6 Å². The summed E-state index contributed by atoms with van der Waals surface area (Å²) in [6.07, 6.45) is 1.01. The Bertz CT molecular complexity index is 660. The molecule has 0 heterocycles. The second-order valence-corrected chi connectivity index (χ2v) is 5.45. The van der Waals surface area contributed by atoms with Crippen LogP contribution in [0.1, 0.15) is 42.1 Å². The minimum atomic E-state index is -0.182. The highest BCUT2D eigenvalue weighted by molar-refractivity contribution is 6.05. The zero-order chi connectivity index (χ0) is 16.8. The Hall–Kier alpha value is -2.49. The maximum atomic E-state index is 12.6. The molecule has 23 heavy (non-hydrogen) atoms. The molecule has 1 amide bonds. The minimum absolute atomic E-state index is 0.182. The van der Waals surface area contributed by atoms with E-state index in [9.17, 15) is 4.79 Å². The number of anilines is 1. The van der Waals surface area contributed by atoms with Gasteiger partial charge in [-0.05, 0) is 36.1 Å². The average molecular weight is 313 g/mol. The Morgan fingerprint density at radius 2 is 1.70 bits per heavy atom. The average Bonchev–Trinajstić information content (AvgIpc) is 2.60.